The Morgan fingerprint density at radius 2 is 1.53 bits per heavy atom. The maximum Gasteiger partial charge on any atom is 0.00708 e. The van der Waals surface area contributed by atoms with E-state index in [1.54, 1.807) is 0 Å². The Labute approximate surface area is 107 Å². The first kappa shape index (κ1) is 13.4. The van der Waals surface area contributed by atoms with Gasteiger partial charge in [-0.2, -0.15) is 0 Å². The maximum atomic E-state index is 5.96. The molecule has 0 aliphatic heterocycles. The molecule has 0 aromatic heterocycles. The van der Waals surface area contributed by atoms with E-state index in [1.165, 1.54) is 64.2 Å². The van der Waals surface area contributed by atoms with Gasteiger partial charge in [0.15, 0.2) is 0 Å². The number of hydrogen-bond donors (Lipinski definition) is 2. The van der Waals surface area contributed by atoms with Crippen LogP contribution in [0, 0.1) is 5.92 Å². The summed E-state index contributed by atoms with van der Waals surface area (Å²) in [4.78, 5) is 0. The molecule has 0 amide bonds. The van der Waals surface area contributed by atoms with Crippen LogP contribution in [0.3, 0.4) is 0 Å². The normalized spacial score (nSPS) is 39.9. The van der Waals surface area contributed by atoms with Gasteiger partial charge >= 0.3 is 0 Å². The highest BCUT2D eigenvalue weighted by Crippen LogP contribution is 2.27. The summed E-state index contributed by atoms with van der Waals surface area (Å²) in [5.41, 5.74) is 5.96. The lowest BCUT2D eigenvalue weighted by Gasteiger charge is -2.30. The average molecular weight is 238 g/mol. The average Bonchev–Trinajstić information content (AvgIpc) is 2.57. The first-order valence-electron chi connectivity index (χ1n) is 7.79. The molecule has 2 fully saturated rings. The molecule has 0 aromatic carbocycles. The minimum absolute atomic E-state index is 0.478. The second kappa shape index (κ2) is 6.75. The molecule has 0 aromatic rings. The number of nitrogens with two attached hydrogens (primary N) is 1. The first-order chi connectivity index (χ1) is 8.28. The van der Waals surface area contributed by atoms with Gasteiger partial charge in [-0.15, -0.1) is 0 Å². The van der Waals surface area contributed by atoms with Gasteiger partial charge in [0.1, 0.15) is 0 Å². The van der Waals surface area contributed by atoms with Crippen LogP contribution in [0.25, 0.3) is 0 Å². The van der Waals surface area contributed by atoms with Gasteiger partial charge in [0, 0.05) is 18.1 Å². The third kappa shape index (κ3) is 4.26. The van der Waals surface area contributed by atoms with Gasteiger partial charge in [0.05, 0.1) is 0 Å². The van der Waals surface area contributed by atoms with E-state index in [0.717, 1.165) is 18.0 Å². The van der Waals surface area contributed by atoms with E-state index >= 15 is 0 Å². The molecule has 2 unspecified atom stereocenters. The molecule has 2 aliphatic rings. The standard InChI is InChI=1S/C15H30N2/c1-2-12-4-3-5-14(9-6-12)17-15-10-7-13(16)8-11-15/h12-15,17H,2-11,16H2,1H3. The van der Waals surface area contributed by atoms with Crippen molar-refractivity contribution in [1.82, 2.24) is 5.32 Å². The molecule has 0 bridgehead atoms. The van der Waals surface area contributed by atoms with Crippen molar-refractivity contribution in [3.8, 4) is 0 Å². The van der Waals surface area contributed by atoms with Crippen LogP contribution < -0.4 is 11.1 Å². The van der Waals surface area contributed by atoms with Crippen molar-refractivity contribution in [2.45, 2.75) is 89.3 Å². The number of hydrogen-bond acceptors (Lipinski definition) is 2. The smallest absolute Gasteiger partial charge is 0.00708 e. The summed E-state index contributed by atoms with van der Waals surface area (Å²) in [6.45, 7) is 2.35. The summed E-state index contributed by atoms with van der Waals surface area (Å²) in [5.74, 6) is 1.00. The van der Waals surface area contributed by atoms with Crippen LogP contribution in [0.4, 0.5) is 0 Å². The molecule has 2 nitrogen and oxygen atoms in total. The van der Waals surface area contributed by atoms with Gasteiger partial charge in [-0.3, -0.25) is 0 Å². The van der Waals surface area contributed by atoms with Crippen LogP contribution >= 0.6 is 0 Å². The monoisotopic (exact) mass is 238 g/mol. The summed E-state index contributed by atoms with van der Waals surface area (Å²) in [6, 6.07) is 2.04. The highest BCUT2D eigenvalue weighted by atomic mass is 15.0. The molecule has 0 heterocycles. The lowest BCUT2D eigenvalue weighted by Crippen LogP contribution is -2.42. The Morgan fingerprint density at radius 3 is 2.24 bits per heavy atom. The van der Waals surface area contributed by atoms with Gasteiger partial charge in [0.2, 0.25) is 0 Å². The summed E-state index contributed by atoms with van der Waals surface area (Å²) in [7, 11) is 0. The predicted octanol–water partition coefficient (Wildman–Crippen LogP) is 3.20. The van der Waals surface area contributed by atoms with Crippen LogP contribution in [-0.4, -0.2) is 18.1 Å². The van der Waals surface area contributed by atoms with Crippen molar-refractivity contribution in [2.24, 2.45) is 11.7 Å². The fraction of sp³-hybridized carbons (Fsp3) is 1.00. The Kier molecular flexibility index (Phi) is 5.30. The fourth-order valence-corrected chi connectivity index (χ4v) is 3.57. The SMILES string of the molecule is CCC1CCCC(NC2CCC(N)CC2)CC1. The van der Waals surface area contributed by atoms with E-state index in [9.17, 15) is 0 Å². The Hall–Kier alpha value is -0.0800. The van der Waals surface area contributed by atoms with Crippen molar-refractivity contribution in [2.75, 3.05) is 0 Å². The fourth-order valence-electron chi connectivity index (χ4n) is 3.57. The summed E-state index contributed by atoms with van der Waals surface area (Å²) in [6.07, 6.45) is 13.6. The second-order valence-corrected chi connectivity index (χ2v) is 6.26. The maximum absolute atomic E-state index is 5.96. The molecule has 0 saturated heterocycles. The minimum Gasteiger partial charge on any atom is -0.328 e. The summed E-state index contributed by atoms with van der Waals surface area (Å²) in [5, 5.41) is 3.91. The second-order valence-electron chi connectivity index (χ2n) is 6.26. The minimum atomic E-state index is 0.478. The van der Waals surface area contributed by atoms with Gasteiger partial charge in [-0.05, 0) is 50.9 Å². The van der Waals surface area contributed by atoms with Crippen molar-refractivity contribution >= 4 is 0 Å². The molecular weight excluding hydrogens is 208 g/mol. The summed E-state index contributed by atoms with van der Waals surface area (Å²) < 4.78 is 0. The van der Waals surface area contributed by atoms with Crippen LogP contribution in [0.15, 0.2) is 0 Å². The highest BCUT2D eigenvalue weighted by molar-refractivity contribution is 4.83. The molecule has 100 valence electrons. The zero-order chi connectivity index (χ0) is 12.1. The van der Waals surface area contributed by atoms with Gasteiger partial charge in [-0.25, -0.2) is 0 Å². The molecule has 0 spiro atoms. The molecule has 3 N–H and O–H groups in total. The van der Waals surface area contributed by atoms with Crippen molar-refractivity contribution in [3.05, 3.63) is 0 Å². The molecule has 2 atom stereocenters. The quantitative estimate of drug-likeness (QED) is 0.741. The molecule has 2 aliphatic carbocycles. The largest absolute Gasteiger partial charge is 0.328 e. The molecular formula is C15H30N2. The molecule has 2 heteroatoms. The molecule has 0 radical (unpaired) electrons. The van der Waals surface area contributed by atoms with E-state index in [1.807, 2.05) is 0 Å². The van der Waals surface area contributed by atoms with E-state index < -0.39 is 0 Å². The van der Waals surface area contributed by atoms with Gasteiger partial charge in [0.25, 0.3) is 0 Å². The van der Waals surface area contributed by atoms with Crippen molar-refractivity contribution in [3.63, 3.8) is 0 Å². The lowest BCUT2D eigenvalue weighted by molar-refractivity contribution is 0.300. The third-order valence-electron chi connectivity index (χ3n) is 4.91. The van der Waals surface area contributed by atoms with Crippen LogP contribution in [0.1, 0.15) is 71.1 Å². The van der Waals surface area contributed by atoms with Crippen molar-refractivity contribution in [1.29, 1.82) is 0 Å². The van der Waals surface area contributed by atoms with E-state index in [-0.39, 0.29) is 0 Å². The van der Waals surface area contributed by atoms with E-state index in [4.69, 9.17) is 5.73 Å². The highest BCUT2D eigenvalue weighted by Gasteiger charge is 2.23. The van der Waals surface area contributed by atoms with Crippen LogP contribution in [0.5, 0.6) is 0 Å². The molecule has 2 rings (SSSR count). The third-order valence-corrected chi connectivity index (χ3v) is 4.91. The van der Waals surface area contributed by atoms with E-state index in [2.05, 4.69) is 12.2 Å². The molecule has 17 heavy (non-hydrogen) atoms. The molecule has 2 saturated carbocycles. The zero-order valence-electron chi connectivity index (χ0n) is 11.5. The van der Waals surface area contributed by atoms with Crippen LogP contribution in [0.2, 0.25) is 0 Å². The summed E-state index contributed by atoms with van der Waals surface area (Å²) >= 11 is 0. The van der Waals surface area contributed by atoms with Gasteiger partial charge in [-0.1, -0.05) is 26.2 Å². The lowest BCUT2D eigenvalue weighted by atomic mass is 9.90. The van der Waals surface area contributed by atoms with Crippen molar-refractivity contribution < 1.29 is 0 Å². The Morgan fingerprint density at radius 1 is 0.882 bits per heavy atom. The topological polar surface area (TPSA) is 38.0 Å². The van der Waals surface area contributed by atoms with Crippen LogP contribution in [-0.2, 0) is 0 Å². The van der Waals surface area contributed by atoms with Gasteiger partial charge < -0.3 is 11.1 Å². The Balaban J connectivity index is 1.71. The number of rotatable bonds is 3. The van der Waals surface area contributed by atoms with E-state index in [0.29, 0.717) is 6.04 Å². The predicted molar refractivity (Wildman–Crippen MR) is 74.0 cm³/mol. The first-order valence-corrected chi connectivity index (χ1v) is 7.79. The number of nitrogens with one attached hydrogen (secondary N) is 1. The zero-order valence-corrected chi connectivity index (χ0v) is 11.5. The Bertz CT molecular complexity index is 209.